The van der Waals surface area contributed by atoms with Crippen LogP contribution in [-0.4, -0.2) is 66.6 Å². The van der Waals surface area contributed by atoms with E-state index in [2.05, 4.69) is 17.1 Å². The van der Waals surface area contributed by atoms with Gasteiger partial charge in [-0.1, -0.05) is 42.5 Å². The maximum Gasteiger partial charge on any atom is 0.290 e. The molecular weight excluding hydrogens is 320 g/mol. The molecule has 0 radical (unpaired) electrons. The van der Waals surface area contributed by atoms with Crippen LogP contribution < -0.4 is 0 Å². The second-order valence-electron chi connectivity index (χ2n) is 5.69. The molecule has 0 atom stereocenters. The number of allylic oxidation sites excluding steroid dienone is 1. The number of nitrogens with zero attached hydrogens (tertiary/aromatic N) is 2. The van der Waals surface area contributed by atoms with E-state index in [-0.39, 0.29) is 19.0 Å². The molecular formula is C19H28N2O4. The molecule has 1 N–H and O–H groups in total. The van der Waals surface area contributed by atoms with Crippen LogP contribution >= 0.6 is 0 Å². The van der Waals surface area contributed by atoms with E-state index in [0.717, 1.165) is 44.7 Å². The molecule has 0 saturated carbocycles. The van der Waals surface area contributed by atoms with Gasteiger partial charge in [-0.05, 0) is 18.9 Å². The van der Waals surface area contributed by atoms with Gasteiger partial charge in [0.05, 0.1) is 6.61 Å². The zero-order valence-electron chi connectivity index (χ0n) is 14.8. The van der Waals surface area contributed by atoms with Gasteiger partial charge in [-0.3, -0.25) is 14.5 Å². The molecule has 0 bridgehead atoms. The number of carboxylic acid groups (broad SMARTS) is 1. The van der Waals surface area contributed by atoms with E-state index in [1.54, 1.807) is 0 Å². The zero-order chi connectivity index (χ0) is 18.3. The van der Waals surface area contributed by atoms with Crippen molar-refractivity contribution >= 4 is 12.4 Å². The maximum absolute atomic E-state index is 12.2. The van der Waals surface area contributed by atoms with Crippen LogP contribution in [0.3, 0.4) is 0 Å². The van der Waals surface area contributed by atoms with Gasteiger partial charge in [-0.25, -0.2) is 0 Å². The molecule has 1 aromatic carbocycles. The van der Waals surface area contributed by atoms with Gasteiger partial charge in [0, 0.05) is 32.7 Å². The highest BCUT2D eigenvalue weighted by Gasteiger charge is 2.18. The van der Waals surface area contributed by atoms with E-state index in [1.807, 2.05) is 42.2 Å². The van der Waals surface area contributed by atoms with E-state index in [4.69, 9.17) is 14.6 Å². The van der Waals surface area contributed by atoms with Crippen molar-refractivity contribution in [3.63, 3.8) is 0 Å². The summed E-state index contributed by atoms with van der Waals surface area (Å²) in [5, 5.41) is 6.89. The first-order valence-electron chi connectivity index (χ1n) is 8.52. The molecule has 1 amide bonds. The lowest BCUT2D eigenvalue weighted by Gasteiger charge is -2.21. The van der Waals surface area contributed by atoms with Crippen LogP contribution in [0.15, 0.2) is 42.5 Å². The number of ether oxygens (including phenoxy) is 1. The van der Waals surface area contributed by atoms with Gasteiger partial charge in [0.25, 0.3) is 6.47 Å². The number of hydrogen-bond acceptors (Lipinski definition) is 4. The molecule has 1 aromatic rings. The normalized spacial score (nSPS) is 15.3. The van der Waals surface area contributed by atoms with Crippen molar-refractivity contribution in [1.29, 1.82) is 0 Å². The Labute approximate surface area is 149 Å². The number of rotatable bonds is 6. The highest BCUT2D eigenvalue weighted by atomic mass is 16.5. The van der Waals surface area contributed by atoms with Gasteiger partial charge in [0.1, 0.15) is 6.61 Å². The monoisotopic (exact) mass is 348 g/mol. The summed E-state index contributed by atoms with van der Waals surface area (Å²) in [5.41, 5.74) is 1.10. The summed E-state index contributed by atoms with van der Waals surface area (Å²) < 4.78 is 5.55. The fourth-order valence-electron chi connectivity index (χ4n) is 2.58. The quantitative estimate of drug-likeness (QED) is 0.629. The largest absolute Gasteiger partial charge is 0.483 e. The molecule has 6 nitrogen and oxygen atoms in total. The number of amides is 1. The number of hydrogen-bond donors (Lipinski definition) is 1. The second kappa shape index (κ2) is 13.1. The van der Waals surface area contributed by atoms with Crippen LogP contribution in [0.4, 0.5) is 0 Å². The van der Waals surface area contributed by atoms with Crippen molar-refractivity contribution in [3.8, 4) is 0 Å². The highest BCUT2D eigenvalue weighted by molar-refractivity contribution is 5.77. The predicted octanol–water partition coefficient (Wildman–Crippen LogP) is 2.01. The van der Waals surface area contributed by atoms with E-state index in [0.29, 0.717) is 6.61 Å². The number of carbonyl (C=O) groups is 2. The summed E-state index contributed by atoms with van der Waals surface area (Å²) in [6, 6.07) is 9.96. The lowest BCUT2D eigenvalue weighted by atomic mass is 10.2. The maximum atomic E-state index is 12.2. The molecule has 1 heterocycles. The fraction of sp³-hybridized carbons (Fsp3) is 0.474. The third kappa shape index (κ3) is 9.02. The SMILES string of the molecule is CC=CCN1CCCN(C(=O)COCc2ccccc2)CC1.O=CO. The Balaban J connectivity index is 0.000000970. The van der Waals surface area contributed by atoms with Gasteiger partial charge >= 0.3 is 0 Å². The minimum absolute atomic E-state index is 0.101. The van der Waals surface area contributed by atoms with Crippen LogP contribution in [0, 0.1) is 0 Å². The third-order valence-corrected chi connectivity index (χ3v) is 3.88. The highest BCUT2D eigenvalue weighted by Crippen LogP contribution is 2.05. The Morgan fingerprint density at radius 3 is 2.60 bits per heavy atom. The van der Waals surface area contributed by atoms with Gasteiger partial charge in [0.15, 0.2) is 0 Å². The van der Waals surface area contributed by atoms with E-state index >= 15 is 0 Å². The average molecular weight is 348 g/mol. The van der Waals surface area contributed by atoms with E-state index in [1.165, 1.54) is 0 Å². The topological polar surface area (TPSA) is 70.1 Å². The summed E-state index contributed by atoms with van der Waals surface area (Å²) in [7, 11) is 0. The minimum atomic E-state index is -0.250. The summed E-state index contributed by atoms with van der Waals surface area (Å²) in [6.45, 7) is 7.05. The van der Waals surface area contributed by atoms with Crippen molar-refractivity contribution in [1.82, 2.24) is 9.80 Å². The van der Waals surface area contributed by atoms with Crippen molar-refractivity contribution in [2.45, 2.75) is 20.0 Å². The Hall–Kier alpha value is -2.18. The van der Waals surface area contributed by atoms with Gasteiger partial charge in [-0.15, -0.1) is 0 Å². The van der Waals surface area contributed by atoms with E-state index < -0.39 is 0 Å². The summed E-state index contributed by atoms with van der Waals surface area (Å²) >= 11 is 0. The molecule has 0 aromatic heterocycles. The summed E-state index contributed by atoms with van der Waals surface area (Å²) in [5.74, 6) is 0.101. The lowest BCUT2D eigenvalue weighted by Crippen LogP contribution is -2.37. The standard InChI is InChI=1S/C18H26N2O2.CH2O2/c1-2-3-10-19-11-7-12-20(14-13-19)18(21)16-22-15-17-8-5-4-6-9-17;2-1-3/h2-6,8-9H,7,10-16H2,1H3;1H,(H,2,3). The van der Waals surface area contributed by atoms with Crippen LogP contribution in [0.1, 0.15) is 18.9 Å². The lowest BCUT2D eigenvalue weighted by molar-refractivity contribution is -0.136. The van der Waals surface area contributed by atoms with Crippen LogP contribution in [-0.2, 0) is 20.9 Å². The Kier molecular flexibility index (Phi) is 11.0. The molecule has 6 heteroatoms. The first-order valence-corrected chi connectivity index (χ1v) is 8.52. The van der Waals surface area contributed by atoms with Crippen LogP contribution in [0.2, 0.25) is 0 Å². The summed E-state index contributed by atoms with van der Waals surface area (Å²) in [4.78, 5) is 24.9. The van der Waals surface area contributed by atoms with Gasteiger partial charge in [0.2, 0.25) is 5.91 Å². The average Bonchev–Trinajstić information content (AvgIpc) is 2.87. The first-order chi connectivity index (χ1) is 12.2. The predicted molar refractivity (Wildman–Crippen MR) is 97.2 cm³/mol. The molecule has 25 heavy (non-hydrogen) atoms. The smallest absolute Gasteiger partial charge is 0.290 e. The van der Waals surface area contributed by atoms with Crippen LogP contribution in [0.5, 0.6) is 0 Å². The van der Waals surface area contributed by atoms with Crippen molar-refractivity contribution in [2.75, 3.05) is 39.3 Å². The zero-order valence-corrected chi connectivity index (χ0v) is 14.8. The van der Waals surface area contributed by atoms with E-state index in [9.17, 15) is 4.79 Å². The number of carbonyl (C=O) groups excluding carboxylic acids is 1. The first kappa shape index (κ1) is 20.9. The number of benzene rings is 1. The fourth-order valence-corrected chi connectivity index (χ4v) is 2.58. The Bertz CT molecular complexity index is 519. The molecule has 0 aliphatic carbocycles. The molecule has 0 spiro atoms. The minimum Gasteiger partial charge on any atom is -0.483 e. The Morgan fingerprint density at radius 2 is 1.92 bits per heavy atom. The molecule has 1 fully saturated rings. The molecule has 2 rings (SSSR count). The van der Waals surface area contributed by atoms with Gasteiger partial charge < -0.3 is 14.7 Å². The molecule has 1 aliphatic heterocycles. The van der Waals surface area contributed by atoms with Crippen molar-refractivity contribution in [3.05, 3.63) is 48.0 Å². The third-order valence-electron chi connectivity index (χ3n) is 3.88. The summed E-state index contributed by atoms with van der Waals surface area (Å²) in [6.07, 6.45) is 5.27. The molecule has 0 unspecified atom stereocenters. The Morgan fingerprint density at radius 1 is 1.20 bits per heavy atom. The van der Waals surface area contributed by atoms with Crippen molar-refractivity contribution < 1.29 is 19.4 Å². The molecule has 1 aliphatic rings. The van der Waals surface area contributed by atoms with Gasteiger partial charge in [-0.2, -0.15) is 0 Å². The molecule has 138 valence electrons. The van der Waals surface area contributed by atoms with Crippen LogP contribution in [0.25, 0.3) is 0 Å². The van der Waals surface area contributed by atoms with Crippen molar-refractivity contribution in [2.24, 2.45) is 0 Å². The molecule has 1 saturated heterocycles. The second-order valence-corrected chi connectivity index (χ2v) is 5.69.